The number of rotatable bonds is 6. The van der Waals surface area contributed by atoms with E-state index in [1.807, 2.05) is 24.0 Å². The minimum atomic E-state index is 0.728. The van der Waals surface area contributed by atoms with Crippen LogP contribution in [0.25, 0.3) is 6.08 Å². The number of aryl methyl sites for hydroxylation is 1. The highest BCUT2D eigenvalue weighted by Gasteiger charge is 1.92. The standard InChI is InChI=1S/C12H21N3/c1-11(2)10-13-8-5-4-6-12-7-9-14-15(12)3/h4,6-7,9,11,13H,5,8,10H2,1-3H3. The van der Waals surface area contributed by atoms with Gasteiger partial charge in [-0.3, -0.25) is 4.68 Å². The molecule has 3 nitrogen and oxygen atoms in total. The number of hydrogen-bond acceptors (Lipinski definition) is 2. The summed E-state index contributed by atoms with van der Waals surface area (Å²) in [5.41, 5.74) is 1.15. The average molecular weight is 207 g/mol. The molecule has 0 aliphatic heterocycles. The van der Waals surface area contributed by atoms with Gasteiger partial charge in [-0.25, -0.2) is 0 Å². The molecule has 1 heterocycles. The van der Waals surface area contributed by atoms with E-state index in [1.54, 1.807) is 0 Å². The van der Waals surface area contributed by atoms with Crippen molar-refractivity contribution in [2.24, 2.45) is 13.0 Å². The maximum absolute atomic E-state index is 4.10. The molecular formula is C12H21N3. The van der Waals surface area contributed by atoms with Crippen molar-refractivity contribution in [3.8, 4) is 0 Å². The quantitative estimate of drug-likeness (QED) is 0.724. The lowest BCUT2D eigenvalue weighted by Crippen LogP contribution is -2.20. The second kappa shape index (κ2) is 6.40. The lowest BCUT2D eigenvalue weighted by Gasteiger charge is -2.04. The summed E-state index contributed by atoms with van der Waals surface area (Å²) >= 11 is 0. The zero-order valence-corrected chi connectivity index (χ0v) is 9.90. The van der Waals surface area contributed by atoms with Crippen LogP contribution < -0.4 is 5.32 Å². The molecule has 1 aromatic heterocycles. The van der Waals surface area contributed by atoms with Crippen molar-refractivity contribution < 1.29 is 0 Å². The predicted octanol–water partition coefficient (Wildman–Crippen LogP) is 2.07. The summed E-state index contributed by atoms with van der Waals surface area (Å²) in [5.74, 6) is 0.728. The molecule has 15 heavy (non-hydrogen) atoms. The van der Waals surface area contributed by atoms with Crippen LogP contribution in [0.3, 0.4) is 0 Å². The lowest BCUT2D eigenvalue weighted by atomic mass is 10.2. The zero-order chi connectivity index (χ0) is 11.1. The Morgan fingerprint density at radius 1 is 1.53 bits per heavy atom. The maximum Gasteiger partial charge on any atom is 0.0603 e. The largest absolute Gasteiger partial charge is 0.316 e. The van der Waals surface area contributed by atoms with Crippen molar-refractivity contribution >= 4 is 6.08 Å². The molecule has 0 spiro atoms. The molecule has 1 aromatic rings. The van der Waals surface area contributed by atoms with Crippen LogP contribution in [0.2, 0.25) is 0 Å². The summed E-state index contributed by atoms with van der Waals surface area (Å²) in [4.78, 5) is 0. The Morgan fingerprint density at radius 2 is 2.33 bits per heavy atom. The van der Waals surface area contributed by atoms with Gasteiger partial charge in [-0.2, -0.15) is 5.10 Å². The SMILES string of the molecule is CC(C)CNCCC=Cc1ccnn1C. The average Bonchev–Trinajstić information content (AvgIpc) is 2.57. The Balaban J connectivity index is 2.15. The van der Waals surface area contributed by atoms with Crippen LogP contribution >= 0.6 is 0 Å². The Hall–Kier alpha value is -1.09. The third-order valence-electron chi connectivity index (χ3n) is 2.19. The first kappa shape index (κ1) is 12.0. The van der Waals surface area contributed by atoms with Gasteiger partial charge in [0.05, 0.1) is 5.69 Å². The van der Waals surface area contributed by atoms with Gasteiger partial charge in [-0.1, -0.05) is 19.9 Å². The van der Waals surface area contributed by atoms with Crippen LogP contribution in [0.1, 0.15) is 26.0 Å². The van der Waals surface area contributed by atoms with Crippen LogP contribution in [-0.2, 0) is 7.05 Å². The van der Waals surface area contributed by atoms with E-state index >= 15 is 0 Å². The van der Waals surface area contributed by atoms with Gasteiger partial charge in [0.2, 0.25) is 0 Å². The highest BCUT2D eigenvalue weighted by Crippen LogP contribution is 1.99. The number of hydrogen-bond donors (Lipinski definition) is 1. The van der Waals surface area contributed by atoms with Gasteiger partial charge in [0.1, 0.15) is 0 Å². The predicted molar refractivity (Wildman–Crippen MR) is 64.6 cm³/mol. The first-order valence-corrected chi connectivity index (χ1v) is 5.55. The van der Waals surface area contributed by atoms with Crippen molar-refractivity contribution in [1.82, 2.24) is 15.1 Å². The van der Waals surface area contributed by atoms with Crippen LogP contribution in [0.15, 0.2) is 18.3 Å². The van der Waals surface area contributed by atoms with Crippen LogP contribution in [-0.4, -0.2) is 22.9 Å². The Kier molecular flexibility index (Phi) is 5.12. The van der Waals surface area contributed by atoms with Gasteiger partial charge >= 0.3 is 0 Å². The van der Waals surface area contributed by atoms with Crippen molar-refractivity contribution in [3.63, 3.8) is 0 Å². The van der Waals surface area contributed by atoms with E-state index in [0.29, 0.717) is 0 Å². The molecule has 0 saturated heterocycles. The van der Waals surface area contributed by atoms with Gasteiger partial charge < -0.3 is 5.32 Å². The Bertz CT molecular complexity index is 300. The van der Waals surface area contributed by atoms with E-state index in [0.717, 1.165) is 31.1 Å². The van der Waals surface area contributed by atoms with Gasteiger partial charge in [-0.15, -0.1) is 0 Å². The third-order valence-corrected chi connectivity index (χ3v) is 2.19. The topological polar surface area (TPSA) is 29.9 Å². The minimum absolute atomic E-state index is 0.728. The number of nitrogens with zero attached hydrogens (tertiary/aromatic N) is 2. The molecule has 0 atom stereocenters. The van der Waals surface area contributed by atoms with E-state index in [4.69, 9.17) is 0 Å². The highest BCUT2D eigenvalue weighted by atomic mass is 15.2. The van der Waals surface area contributed by atoms with Crippen LogP contribution in [0.4, 0.5) is 0 Å². The highest BCUT2D eigenvalue weighted by molar-refractivity contribution is 5.43. The van der Waals surface area contributed by atoms with Crippen molar-refractivity contribution in [2.75, 3.05) is 13.1 Å². The van der Waals surface area contributed by atoms with E-state index < -0.39 is 0 Å². The normalized spacial score (nSPS) is 11.7. The number of nitrogens with one attached hydrogen (secondary N) is 1. The molecule has 0 unspecified atom stereocenters. The van der Waals surface area contributed by atoms with Crippen LogP contribution in [0.5, 0.6) is 0 Å². The second-order valence-corrected chi connectivity index (χ2v) is 4.17. The van der Waals surface area contributed by atoms with E-state index in [2.05, 4.69) is 36.4 Å². The summed E-state index contributed by atoms with van der Waals surface area (Å²) in [6.07, 6.45) is 7.18. The summed E-state index contributed by atoms with van der Waals surface area (Å²) in [7, 11) is 1.96. The summed E-state index contributed by atoms with van der Waals surface area (Å²) in [5, 5.41) is 7.51. The van der Waals surface area contributed by atoms with Crippen molar-refractivity contribution in [3.05, 3.63) is 24.0 Å². The summed E-state index contributed by atoms with van der Waals surface area (Å²) < 4.78 is 1.87. The van der Waals surface area contributed by atoms with Gasteiger partial charge in [-0.05, 0) is 37.6 Å². The lowest BCUT2D eigenvalue weighted by molar-refractivity contribution is 0.557. The van der Waals surface area contributed by atoms with Crippen molar-refractivity contribution in [2.45, 2.75) is 20.3 Å². The fourth-order valence-electron chi connectivity index (χ4n) is 1.33. The molecule has 1 rings (SSSR count). The Labute approximate surface area is 92.2 Å². The monoisotopic (exact) mass is 207 g/mol. The van der Waals surface area contributed by atoms with Crippen LogP contribution in [0, 0.1) is 5.92 Å². The maximum atomic E-state index is 4.10. The molecule has 0 fully saturated rings. The first-order valence-electron chi connectivity index (χ1n) is 5.55. The second-order valence-electron chi connectivity index (χ2n) is 4.17. The zero-order valence-electron chi connectivity index (χ0n) is 9.90. The molecule has 0 aliphatic carbocycles. The van der Waals surface area contributed by atoms with Crippen molar-refractivity contribution in [1.29, 1.82) is 0 Å². The fourth-order valence-corrected chi connectivity index (χ4v) is 1.33. The minimum Gasteiger partial charge on any atom is -0.316 e. The molecule has 84 valence electrons. The molecule has 3 heteroatoms. The Morgan fingerprint density at radius 3 is 2.93 bits per heavy atom. The van der Waals surface area contributed by atoms with E-state index in [9.17, 15) is 0 Å². The van der Waals surface area contributed by atoms with E-state index in [-0.39, 0.29) is 0 Å². The molecular weight excluding hydrogens is 186 g/mol. The van der Waals surface area contributed by atoms with Gasteiger partial charge in [0.25, 0.3) is 0 Å². The third kappa shape index (κ3) is 4.79. The summed E-state index contributed by atoms with van der Waals surface area (Å²) in [6, 6.07) is 2.01. The molecule has 1 N–H and O–H groups in total. The number of aromatic nitrogens is 2. The molecule has 0 bridgehead atoms. The van der Waals surface area contributed by atoms with Gasteiger partial charge in [0.15, 0.2) is 0 Å². The first-order chi connectivity index (χ1) is 7.20. The molecule has 0 aromatic carbocycles. The van der Waals surface area contributed by atoms with Gasteiger partial charge in [0, 0.05) is 13.2 Å². The molecule has 0 amide bonds. The molecule has 0 saturated carbocycles. The molecule has 0 aliphatic rings. The molecule has 0 radical (unpaired) electrons. The smallest absolute Gasteiger partial charge is 0.0603 e. The fraction of sp³-hybridized carbons (Fsp3) is 0.583. The summed E-state index contributed by atoms with van der Waals surface area (Å²) in [6.45, 7) is 6.59. The van der Waals surface area contributed by atoms with E-state index in [1.165, 1.54) is 0 Å².